The summed E-state index contributed by atoms with van der Waals surface area (Å²) in [6, 6.07) is 7.56. The van der Waals surface area contributed by atoms with Crippen molar-refractivity contribution in [2.75, 3.05) is 18.4 Å². The van der Waals surface area contributed by atoms with Gasteiger partial charge in [-0.25, -0.2) is 9.97 Å². The Morgan fingerprint density at radius 3 is 3.00 bits per heavy atom. The van der Waals surface area contributed by atoms with E-state index in [4.69, 9.17) is 16.0 Å². The molecule has 2 aromatic heterocycles. The Labute approximate surface area is 185 Å². The van der Waals surface area contributed by atoms with Gasteiger partial charge in [0.05, 0.1) is 11.9 Å². The molecule has 1 amide bonds. The molecule has 1 N–H and O–H groups in total. The van der Waals surface area contributed by atoms with Crippen LogP contribution in [0.5, 0.6) is 0 Å². The summed E-state index contributed by atoms with van der Waals surface area (Å²) in [7, 11) is 0. The minimum absolute atomic E-state index is 0.00436. The summed E-state index contributed by atoms with van der Waals surface area (Å²) in [5.41, 5.74) is 1.76. The Morgan fingerprint density at radius 2 is 2.20 bits per heavy atom. The molecular formula is C22H25ClN4O2S. The van der Waals surface area contributed by atoms with Crippen molar-refractivity contribution in [3.63, 3.8) is 0 Å². The highest BCUT2D eigenvalue weighted by Crippen LogP contribution is 2.34. The molecule has 1 atom stereocenters. The van der Waals surface area contributed by atoms with E-state index in [-0.39, 0.29) is 11.9 Å². The topological polar surface area (TPSA) is 71.3 Å². The van der Waals surface area contributed by atoms with Crippen LogP contribution in [0, 0.1) is 6.92 Å². The lowest BCUT2D eigenvalue weighted by molar-refractivity contribution is 0.0574. The van der Waals surface area contributed by atoms with Crippen LogP contribution >= 0.6 is 22.9 Å². The zero-order chi connectivity index (χ0) is 21.1. The number of aromatic nitrogens is 2. The number of hydrogen-bond acceptors (Lipinski definition) is 6. The highest BCUT2D eigenvalue weighted by Gasteiger charge is 2.33. The van der Waals surface area contributed by atoms with Crippen LogP contribution in [0.4, 0.5) is 5.13 Å². The number of carbonyl (C=O) groups is 1. The Morgan fingerprint density at radius 1 is 1.37 bits per heavy atom. The van der Waals surface area contributed by atoms with Crippen molar-refractivity contribution in [1.29, 1.82) is 0 Å². The number of oxazole rings is 1. The molecule has 30 heavy (non-hydrogen) atoms. The predicted octanol–water partition coefficient (Wildman–Crippen LogP) is 5.48. The number of aryl methyl sites for hydroxylation is 1. The summed E-state index contributed by atoms with van der Waals surface area (Å²) in [4.78, 5) is 24.9. The minimum Gasteiger partial charge on any atom is -0.443 e. The molecular weight excluding hydrogens is 420 g/mol. The van der Waals surface area contributed by atoms with E-state index in [1.165, 1.54) is 11.3 Å². The maximum absolute atomic E-state index is 13.3. The van der Waals surface area contributed by atoms with Gasteiger partial charge >= 0.3 is 0 Å². The molecule has 1 aliphatic heterocycles. The highest BCUT2D eigenvalue weighted by atomic mass is 35.5. The summed E-state index contributed by atoms with van der Waals surface area (Å²) in [5, 5.41) is 4.69. The average molecular weight is 445 g/mol. The fourth-order valence-electron chi connectivity index (χ4n) is 3.77. The first kappa shape index (κ1) is 20.9. The highest BCUT2D eigenvalue weighted by molar-refractivity contribution is 7.17. The molecule has 3 aromatic rings. The number of nitrogens with zero attached hydrogens (tertiary/aromatic N) is 3. The van der Waals surface area contributed by atoms with Crippen molar-refractivity contribution < 1.29 is 9.21 Å². The van der Waals surface area contributed by atoms with Crippen LogP contribution in [-0.4, -0.2) is 33.9 Å². The molecule has 1 fully saturated rings. The Balaban J connectivity index is 1.55. The average Bonchev–Trinajstić information content (AvgIpc) is 3.36. The largest absolute Gasteiger partial charge is 0.443 e. The van der Waals surface area contributed by atoms with E-state index in [0.29, 0.717) is 28.8 Å². The van der Waals surface area contributed by atoms with Crippen LogP contribution in [0.2, 0.25) is 5.02 Å². The van der Waals surface area contributed by atoms with Gasteiger partial charge in [0.25, 0.3) is 5.91 Å². The summed E-state index contributed by atoms with van der Waals surface area (Å²) in [5.74, 6) is 1.35. The molecule has 0 bridgehead atoms. The van der Waals surface area contributed by atoms with Gasteiger partial charge in [-0.3, -0.25) is 4.79 Å². The second kappa shape index (κ2) is 9.18. The molecule has 0 saturated carbocycles. The molecule has 1 aromatic carbocycles. The van der Waals surface area contributed by atoms with Crippen LogP contribution in [0.3, 0.4) is 0 Å². The van der Waals surface area contributed by atoms with Crippen molar-refractivity contribution >= 4 is 34.0 Å². The third kappa shape index (κ3) is 4.37. The van der Waals surface area contributed by atoms with E-state index in [0.717, 1.165) is 48.0 Å². The molecule has 1 saturated heterocycles. The van der Waals surface area contributed by atoms with Crippen LogP contribution < -0.4 is 5.32 Å². The number of anilines is 1. The van der Waals surface area contributed by atoms with Gasteiger partial charge in [0.15, 0.2) is 5.13 Å². The van der Waals surface area contributed by atoms with Crippen molar-refractivity contribution in [3.8, 4) is 0 Å². The molecule has 0 aliphatic carbocycles. The van der Waals surface area contributed by atoms with Gasteiger partial charge in [-0.15, -0.1) is 0 Å². The monoisotopic (exact) mass is 444 g/mol. The molecule has 158 valence electrons. The molecule has 3 heterocycles. The number of amides is 1. The third-order valence-electron chi connectivity index (χ3n) is 5.26. The van der Waals surface area contributed by atoms with E-state index < -0.39 is 0 Å². The predicted molar refractivity (Wildman–Crippen MR) is 119 cm³/mol. The van der Waals surface area contributed by atoms with E-state index in [1.54, 1.807) is 6.20 Å². The Hall–Kier alpha value is -2.38. The molecule has 0 radical (unpaired) electrons. The summed E-state index contributed by atoms with van der Waals surface area (Å²) >= 11 is 7.69. The zero-order valence-corrected chi connectivity index (χ0v) is 18.7. The van der Waals surface area contributed by atoms with Crippen molar-refractivity contribution in [1.82, 2.24) is 14.9 Å². The minimum atomic E-state index is -0.157. The van der Waals surface area contributed by atoms with E-state index in [9.17, 15) is 4.79 Å². The van der Waals surface area contributed by atoms with Gasteiger partial charge < -0.3 is 14.6 Å². The van der Waals surface area contributed by atoms with Gasteiger partial charge in [-0.05, 0) is 44.7 Å². The normalized spacial score (nSPS) is 16.6. The van der Waals surface area contributed by atoms with Crippen LogP contribution in [0.25, 0.3) is 0 Å². The molecule has 1 aliphatic rings. The fraction of sp³-hybridized carbons (Fsp3) is 0.409. The second-order valence-electron chi connectivity index (χ2n) is 7.41. The molecule has 6 nitrogen and oxygen atoms in total. The van der Waals surface area contributed by atoms with Crippen molar-refractivity contribution in [2.24, 2.45) is 0 Å². The lowest BCUT2D eigenvalue weighted by atomic mass is 10.0. The summed E-state index contributed by atoms with van der Waals surface area (Å²) in [6.07, 6.45) is 5.19. The first-order valence-electron chi connectivity index (χ1n) is 10.3. The first-order valence-corrected chi connectivity index (χ1v) is 11.5. The number of benzene rings is 1. The van der Waals surface area contributed by atoms with Crippen LogP contribution in [0.1, 0.15) is 64.8 Å². The Kier molecular flexibility index (Phi) is 6.39. The number of likely N-dealkylation sites (tertiary alicyclic amines) is 1. The molecule has 4 rings (SSSR count). The second-order valence-corrected chi connectivity index (χ2v) is 8.81. The standard InChI is InChI=1S/C22H25ClN4O2S/c1-3-24-22-26-14(2)19(30-22)21(28)27-11-7-6-10-18(27)20-25-13-16(29-20)12-15-8-4-5-9-17(15)23/h4-5,8-9,13,18H,3,6-7,10-12H2,1-2H3,(H,24,26). The Bertz CT molecular complexity index is 1030. The summed E-state index contributed by atoms with van der Waals surface area (Å²) < 4.78 is 6.08. The van der Waals surface area contributed by atoms with E-state index >= 15 is 0 Å². The van der Waals surface area contributed by atoms with Gasteiger partial charge in [-0.1, -0.05) is 41.1 Å². The van der Waals surface area contributed by atoms with Gasteiger partial charge in [0.2, 0.25) is 5.89 Å². The smallest absolute Gasteiger partial charge is 0.266 e. The quantitative estimate of drug-likeness (QED) is 0.544. The van der Waals surface area contributed by atoms with Crippen molar-refractivity contribution in [2.45, 2.75) is 45.6 Å². The zero-order valence-electron chi connectivity index (χ0n) is 17.2. The van der Waals surface area contributed by atoms with E-state index in [1.807, 2.05) is 43.0 Å². The van der Waals surface area contributed by atoms with E-state index in [2.05, 4.69) is 15.3 Å². The number of hydrogen-bond donors (Lipinski definition) is 1. The van der Waals surface area contributed by atoms with Gasteiger partial charge in [-0.2, -0.15) is 0 Å². The van der Waals surface area contributed by atoms with Crippen molar-refractivity contribution in [3.05, 3.63) is 63.3 Å². The SMILES string of the molecule is CCNc1nc(C)c(C(=O)N2CCCCC2c2ncc(Cc3ccccc3Cl)o2)s1. The van der Waals surface area contributed by atoms with Crippen LogP contribution in [0.15, 0.2) is 34.9 Å². The van der Waals surface area contributed by atoms with Gasteiger partial charge in [0.1, 0.15) is 16.7 Å². The molecule has 8 heteroatoms. The van der Waals surface area contributed by atoms with Gasteiger partial charge in [0, 0.05) is 24.5 Å². The van der Waals surface area contributed by atoms with Crippen LogP contribution in [-0.2, 0) is 6.42 Å². The fourth-order valence-corrected chi connectivity index (χ4v) is 4.96. The lowest BCUT2D eigenvalue weighted by Gasteiger charge is -2.33. The maximum Gasteiger partial charge on any atom is 0.266 e. The number of carbonyl (C=O) groups excluding carboxylic acids is 1. The lowest BCUT2D eigenvalue weighted by Crippen LogP contribution is -2.38. The first-order chi connectivity index (χ1) is 14.6. The number of halogens is 1. The number of piperidine rings is 1. The number of thiazole rings is 1. The third-order valence-corrected chi connectivity index (χ3v) is 6.73. The molecule has 1 unspecified atom stereocenters. The number of rotatable bonds is 6. The maximum atomic E-state index is 13.3. The molecule has 0 spiro atoms. The summed E-state index contributed by atoms with van der Waals surface area (Å²) in [6.45, 7) is 5.37. The number of nitrogens with one attached hydrogen (secondary N) is 1.